The summed E-state index contributed by atoms with van der Waals surface area (Å²) in [6, 6.07) is 10.5. The van der Waals surface area contributed by atoms with Gasteiger partial charge in [0.2, 0.25) is 5.91 Å². The maximum Gasteiger partial charge on any atom is 0.236 e. The fourth-order valence-corrected chi connectivity index (χ4v) is 5.29. The molecular formula is C28H44N8O2S. The van der Waals surface area contributed by atoms with Gasteiger partial charge in [-0.3, -0.25) is 4.79 Å². The first-order chi connectivity index (χ1) is 19.1. The smallest absolute Gasteiger partial charge is 0.236 e. The zero-order valence-electron chi connectivity index (χ0n) is 23.7. The molecule has 0 unspecified atom stereocenters. The molecule has 2 aliphatic rings. The third-order valence-corrected chi connectivity index (χ3v) is 7.89. The molecule has 4 rings (SSSR count). The van der Waals surface area contributed by atoms with Crippen LogP contribution in [-0.4, -0.2) is 117 Å². The Kier molecular flexibility index (Phi) is 11.5. The van der Waals surface area contributed by atoms with E-state index >= 15 is 0 Å². The van der Waals surface area contributed by atoms with Crippen LogP contribution in [0.1, 0.15) is 20.3 Å². The van der Waals surface area contributed by atoms with Gasteiger partial charge in [-0.1, -0.05) is 25.6 Å². The van der Waals surface area contributed by atoms with E-state index in [-0.39, 0.29) is 5.91 Å². The first-order valence-corrected chi connectivity index (χ1v) is 15.4. The monoisotopic (exact) mass is 556 g/mol. The maximum absolute atomic E-state index is 12.7. The number of anilines is 4. The molecule has 0 atom stereocenters. The van der Waals surface area contributed by atoms with Gasteiger partial charge >= 0.3 is 0 Å². The van der Waals surface area contributed by atoms with Crippen LogP contribution in [-0.2, 0) is 9.53 Å². The van der Waals surface area contributed by atoms with Crippen LogP contribution in [0.25, 0.3) is 0 Å². The van der Waals surface area contributed by atoms with Crippen molar-refractivity contribution in [1.82, 2.24) is 25.1 Å². The lowest BCUT2D eigenvalue weighted by Gasteiger charge is -2.35. The summed E-state index contributed by atoms with van der Waals surface area (Å²) < 4.78 is 5.46. The van der Waals surface area contributed by atoms with Crippen molar-refractivity contribution in [1.29, 1.82) is 0 Å². The minimum atomic E-state index is 0.174. The summed E-state index contributed by atoms with van der Waals surface area (Å²) in [6.45, 7) is 15.2. The molecule has 39 heavy (non-hydrogen) atoms. The highest BCUT2D eigenvalue weighted by Crippen LogP contribution is 2.25. The molecule has 2 fully saturated rings. The number of hydrogen-bond donors (Lipinski definition) is 2. The van der Waals surface area contributed by atoms with Crippen molar-refractivity contribution in [2.45, 2.75) is 25.4 Å². The lowest BCUT2D eigenvalue weighted by molar-refractivity contribution is -0.130. The fraction of sp³-hybridized carbons (Fsp3) is 0.607. The van der Waals surface area contributed by atoms with Crippen LogP contribution in [0.3, 0.4) is 0 Å². The molecule has 1 amide bonds. The van der Waals surface area contributed by atoms with Crippen LogP contribution < -0.4 is 20.4 Å². The van der Waals surface area contributed by atoms with Gasteiger partial charge in [-0.05, 0) is 63.1 Å². The Hall–Kier alpha value is -2.60. The minimum absolute atomic E-state index is 0.174. The Labute approximate surface area is 237 Å². The van der Waals surface area contributed by atoms with Crippen LogP contribution >= 0.6 is 11.8 Å². The van der Waals surface area contributed by atoms with E-state index in [1.807, 2.05) is 17.2 Å². The summed E-state index contributed by atoms with van der Waals surface area (Å²) in [5, 5.41) is 7.51. The number of morpholine rings is 1. The number of nitrogens with zero attached hydrogens (tertiary/aromatic N) is 6. The van der Waals surface area contributed by atoms with Crippen LogP contribution in [0.15, 0.2) is 35.5 Å². The lowest BCUT2D eigenvalue weighted by atomic mass is 10.2. The zero-order chi connectivity index (χ0) is 27.5. The molecule has 0 radical (unpaired) electrons. The van der Waals surface area contributed by atoms with Gasteiger partial charge in [0.05, 0.1) is 19.8 Å². The Morgan fingerprint density at radius 2 is 1.72 bits per heavy atom. The summed E-state index contributed by atoms with van der Waals surface area (Å²) in [6.07, 6.45) is 3.05. The number of carbonyl (C=O) groups is 1. The van der Waals surface area contributed by atoms with Gasteiger partial charge in [0.1, 0.15) is 11.6 Å². The molecular weight excluding hydrogens is 512 g/mol. The van der Waals surface area contributed by atoms with E-state index in [2.05, 4.69) is 68.4 Å². The van der Waals surface area contributed by atoms with E-state index in [4.69, 9.17) is 9.72 Å². The number of ether oxygens (including phenoxy) is 1. The highest BCUT2D eigenvalue weighted by Gasteiger charge is 2.22. The van der Waals surface area contributed by atoms with Crippen molar-refractivity contribution in [3.63, 3.8) is 0 Å². The third-order valence-electron chi connectivity index (χ3n) is 7.35. The molecule has 2 aromatic rings. The second-order valence-electron chi connectivity index (χ2n) is 9.79. The molecule has 1 aromatic heterocycles. The van der Waals surface area contributed by atoms with Crippen molar-refractivity contribution in [3.8, 4) is 0 Å². The predicted octanol–water partition coefficient (Wildman–Crippen LogP) is 2.75. The van der Waals surface area contributed by atoms with E-state index in [9.17, 15) is 4.79 Å². The fourth-order valence-electron chi connectivity index (χ4n) is 4.91. The first kappa shape index (κ1) is 29.4. The number of benzene rings is 1. The molecule has 2 saturated heterocycles. The average Bonchev–Trinajstić information content (AvgIpc) is 2.99. The van der Waals surface area contributed by atoms with Crippen LogP contribution in [0, 0.1) is 0 Å². The van der Waals surface area contributed by atoms with E-state index in [1.54, 1.807) is 0 Å². The molecule has 214 valence electrons. The van der Waals surface area contributed by atoms with E-state index in [0.29, 0.717) is 19.6 Å². The summed E-state index contributed by atoms with van der Waals surface area (Å²) in [5.41, 5.74) is 2.20. The Balaban J connectivity index is 1.27. The van der Waals surface area contributed by atoms with Crippen molar-refractivity contribution in [3.05, 3.63) is 30.3 Å². The summed E-state index contributed by atoms with van der Waals surface area (Å²) >= 11 is 1.53. The molecule has 11 heteroatoms. The molecule has 1 aromatic carbocycles. The number of rotatable bonds is 13. The number of piperazine rings is 1. The molecule has 0 spiro atoms. The van der Waals surface area contributed by atoms with Crippen LogP contribution in [0.4, 0.5) is 23.0 Å². The maximum atomic E-state index is 12.7. The number of amides is 1. The molecule has 0 bridgehead atoms. The zero-order valence-corrected chi connectivity index (χ0v) is 24.5. The second-order valence-corrected chi connectivity index (χ2v) is 10.6. The Morgan fingerprint density at radius 3 is 2.38 bits per heavy atom. The number of thioether (sulfide) groups is 1. The molecule has 10 nitrogen and oxygen atoms in total. The summed E-state index contributed by atoms with van der Waals surface area (Å²) in [4.78, 5) is 31.1. The SMILES string of the molecule is CCN(CC)CCCNCC(=O)N1CCN(c2cc(Nc3ccc(N4CCOCC4)cc3)nc(SC)n2)CC1. The van der Waals surface area contributed by atoms with Gasteiger partial charge in [0, 0.05) is 56.7 Å². The van der Waals surface area contributed by atoms with E-state index < -0.39 is 0 Å². The molecule has 2 aliphatic heterocycles. The number of aromatic nitrogens is 2. The summed E-state index contributed by atoms with van der Waals surface area (Å²) in [7, 11) is 0. The van der Waals surface area contributed by atoms with Crippen molar-refractivity contribution < 1.29 is 9.53 Å². The topological polar surface area (TPSA) is 89.1 Å². The van der Waals surface area contributed by atoms with Crippen molar-refractivity contribution in [2.75, 3.05) is 107 Å². The first-order valence-electron chi connectivity index (χ1n) is 14.2. The molecule has 3 heterocycles. The highest BCUT2D eigenvalue weighted by molar-refractivity contribution is 7.98. The minimum Gasteiger partial charge on any atom is -0.378 e. The van der Waals surface area contributed by atoms with Gasteiger partial charge in [-0.15, -0.1) is 0 Å². The number of carbonyl (C=O) groups excluding carboxylic acids is 1. The van der Waals surface area contributed by atoms with Gasteiger partial charge < -0.3 is 35.0 Å². The standard InChI is InChI=1S/C28H44N8O2S/c1-4-33(5-2)12-6-11-29-22-27(37)36-15-13-35(14-16-36)26-21-25(31-28(32-26)39-3)30-23-7-9-24(10-8-23)34-17-19-38-20-18-34/h7-10,21,29H,4-6,11-20,22H2,1-3H3,(H,30,31,32). The Bertz CT molecular complexity index is 1020. The van der Waals surface area contributed by atoms with Gasteiger partial charge in [-0.25, -0.2) is 9.97 Å². The number of nitrogens with one attached hydrogen (secondary N) is 2. The summed E-state index contributed by atoms with van der Waals surface area (Å²) in [5.74, 6) is 1.84. The quantitative estimate of drug-likeness (QED) is 0.218. The largest absolute Gasteiger partial charge is 0.378 e. The van der Waals surface area contributed by atoms with E-state index in [0.717, 1.165) is 94.5 Å². The van der Waals surface area contributed by atoms with Gasteiger partial charge in [0.15, 0.2) is 5.16 Å². The van der Waals surface area contributed by atoms with Crippen molar-refractivity contribution in [2.24, 2.45) is 0 Å². The second kappa shape index (κ2) is 15.3. The van der Waals surface area contributed by atoms with Crippen LogP contribution in [0.5, 0.6) is 0 Å². The molecule has 0 aliphatic carbocycles. The van der Waals surface area contributed by atoms with Gasteiger partial charge in [-0.2, -0.15) is 0 Å². The number of hydrogen-bond acceptors (Lipinski definition) is 10. The predicted molar refractivity (Wildman–Crippen MR) is 161 cm³/mol. The van der Waals surface area contributed by atoms with Crippen molar-refractivity contribution >= 4 is 40.7 Å². The van der Waals surface area contributed by atoms with Gasteiger partial charge in [0.25, 0.3) is 0 Å². The van der Waals surface area contributed by atoms with Crippen LogP contribution in [0.2, 0.25) is 0 Å². The third kappa shape index (κ3) is 8.69. The molecule has 2 N–H and O–H groups in total. The highest BCUT2D eigenvalue weighted by atomic mass is 32.2. The normalized spacial score (nSPS) is 16.2. The van der Waals surface area contributed by atoms with E-state index in [1.165, 1.54) is 17.4 Å². The average molecular weight is 557 g/mol. The Morgan fingerprint density at radius 1 is 1.00 bits per heavy atom. The lowest BCUT2D eigenvalue weighted by Crippen LogP contribution is -2.51. The molecule has 0 saturated carbocycles.